The average molecular weight is 237 g/mol. The smallest absolute Gasteiger partial charge is 0.153 e. The van der Waals surface area contributed by atoms with E-state index < -0.39 is 11.7 Å². The molecule has 90 valence electrons. The quantitative estimate of drug-likeness (QED) is 0.385. The zero-order valence-electron chi connectivity index (χ0n) is 9.45. The summed E-state index contributed by atoms with van der Waals surface area (Å²) in [5.41, 5.74) is -0.170. The minimum absolute atomic E-state index is 0.325. The highest BCUT2D eigenvalue weighted by molar-refractivity contribution is 6.19. The maximum atomic E-state index is 9.45. The number of aliphatic hydroxyl groups is 2. The lowest BCUT2D eigenvalue weighted by Gasteiger charge is -2.16. The molecule has 0 saturated carbocycles. The lowest BCUT2D eigenvalue weighted by atomic mass is 10.0. The van der Waals surface area contributed by atoms with E-state index in [9.17, 15) is 5.11 Å². The van der Waals surface area contributed by atoms with E-state index in [1.807, 2.05) is 6.92 Å². The summed E-state index contributed by atoms with van der Waals surface area (Å²) in [6.45, 7) is 5.49. The van der Waals surface area contributed by atoms with Crippen LogP contribution < -0.4 is 0 Å². The Morgan fingerprint density at radius 3 is 2.27 bits per heavy atom. The number of halogens is 1. The highest BCUT2D eigenvalue weighted by atomic mass is 35.5. The molecule has 0 aliphatic rings. The van der Waals surface area contributed by atoms with Crippen molar-refractivity contribution in [1.82, 2.24) is 0 Å². The summed E-state index contributed by atoms with van der Waals surface area (Å²) in [6.07, 6.45) is 2.39. The predicted octanol–water partition coefficient (Wildman–Crippen LogP) is 2.06. The molecule has 2 N–H and O–H groups in total. The number of ether oxygens (including phenoxy) is 1. The lowest BCUT2D eigenvalue weighted by molar-refractivity contribution is 0.0209. The van der Waals surface area contributed by atoms with Crippen LogP contribution in [0.4, 0.5) is 0 Å². The van der Waals surface area contributed by atoms with Gasteiger partial charge in [-0.1, -0.05) is 36.6 Å². The van der Waals surface area contributed by atoms with Crippen LogP contribution in [-0.4, -0.2) is 35.1 Å². The van der Waals surface area contributed by atoms with E-state index in [4.69, 9.17) is 21.4 Å². The molecule has 0 radical (unpaired) electrons. The van der Waals surface area contributed by atoms with Crippen molar-refractivity contribution in [3.63, 3.8) is 0 Å². The van der Waals surface area contributed by atoms with Gasteiger partial charge in [0.05, 0.1) is 12.2 Å². The van der Waals surface area contributed by atoms with E-state index >= 15 is 0 Å². The number of alkyl halides is 1. The van der Waals surface area contributed by atoms with Crippen LogP contribution in [0.2, 0.25) is 0 Å². The minimum Gasteiger partial charge on any atom is -0.389 e. The molecule has 0 aromatic rings. The minimum atomic E-state index is -0.957. The zero-order valence-corrected chi connectivity index (χ0v) is 10.2. The van der Waals surface area contributed by atoms with Crippen LogP contribution in [0.5, 0.6) is 0 Å². The molecular weight excluding hydrogens is 216 g/mol. The Balaban J connectivity index is 3.57. The average Bonchev–Trinajstić information content (AvgIpc) is 2.16. The fourth-order valence-corrected chi connectivity index (χ4v) is 1.53. The fraction of sp³-hybridized carbons (Fsp3) is 0.818. The molecule has 3 atom stereocenters. The van der Waals surface area contributed by atoms with Crippen molar-refractivity contribution in [2.75, 3.05) is 7.11 Å². The highest BCUT2D eigenvalue weighted by Crippen LogP contribution is 2.14. The summed E-state index contributed by atoms with van der Waals surface area (Å²) in [4.78, 5) is 0. The molecule has 0 aliphatic carbocycles. The SMILES string of the molecule is C=C(C)C(O)CCCCC(OC)C(O)Cl. The first-order valence-corrected chi connectivity index (χ1v) is 5.61. The van der Waals surface area contributed by atoms with Crippen LogP contribution >= 0.6 is 11.6 Å². The number of rotatable bonds is 8. The summed E-state index contributed by atoms with van der Waals surface area (Å²) in [5.74, 6) is 0. The van der Waals surface area contributed by atoms with Crippen molar-refractivity contribution in [2.45, 2.75) is 50.4 Å². The molecule has 0 fully saturated rings. The van der Waals surface area contributed by atoms with E-state index in [2.05, 4.69) is 6.58 Å². The normalized spacial score (nSPS) is 17.1. The van der Waals surface area contributed by atoms with Crippen molar-refractivity contribution in [1.29, 1.82) is 0 Å². The van der Waals surface area contributed by atoms with Gasteiger partial charge in [0.15, 0.2) is 5.56 Å². The van der Waals surface area contributed by atoms with E-state index in [0.717, 1.165) is 18.4 Å². The van der Waals surface area contributed by atoms with E-state index in [0.29, 0.717) is 12.8 Å². The maximum absolute atomic E-state index is 9.45. The Kier molecular flexibility index (Phi) is 8.06. The van der Waals surface area contributed by atoms with E-state index in [-0.39, 0.29) is 6.10 Å². The first-order chi connectivity index (χ1) is 6.99. The molecule has 0 aliphatic heterocycles. The molecule has 0 spiro atoms. The second kappa shape index (κ2) is 8.11. The highest BCUT2D eigenvalue weighted by Gasteiger charge is 2.15. The number of methoxy groups -OCH3 is 1. The fourth-order valence-electron chi connectivity index (χ4n) is 1.30. The molecular formula is C11H21ClO3. The van der Waals surface area contributed by atoms with Gasteiger partial charge in [-0.05, 0) is 19.8 Å². The third kappa shape index (κ3) is 6.90. The van der Waals surface area contributed by atoms with Crippen molar-refractivity contribution in [3.05, 3.63) is 12.2 Å². The molecule has 4 heteroatoms. The Bertz CT molecular complexity index is 183. The molecule has 15 heavy (non-hydrogen) atoms. The summed E-state index contributed by atoms with van der Waals surface area (Å²) in [5, 5.41) is 18.5. The van der Waals surface area contributed by atoms with Crippen molar-refractivity contribution >= 4 is 11.6 Å². The third-order valence-electron chi connectivity index (χ3n) is 2.39. The van der Waals surface area contributed by atoms with Crippen LogP contribution in [-0.2, 0) is 4.74 Å². The Hall–Kier alpha value is -0.0900. The second-order valence-corrected chi connectivity index (χ2v) is 4.24. The van der Waals surface area contributed by atoms with Crippen molar-refractivity contribution < 1.29 is 14.9 Å². The van der Waals surface area contributed by atoms with Gasteiger partial charge in [0.2, 0.25) is 0 Å². The number of hydrogen-bond acceptors (Lipinski definition) is 3. The summed E-state index contributed by atoms with van der Waals surface area (Å²) in [7, 11) is 1.53. The largest absolute Gasteiger partial charge is 0.389 e. The van der Waals surface area contributed by atoms with Gasteiger partial charge in [0.1, 0.15) is 0 Å². The lowest BCUT2D eigenvalue weighted by Crippen LogP contribution is -2.22. The molecule has 0 amide bonds. The molecule has 0 bridgehead atoms. The van der Waals surface area contributed by atoms with Gasteiger partial charge in [-0.2, -0.15) is 0 Å². The molecule has 3 nitrogen and oxygen atoms in total. The van der Waals surface area contributed by atoms with Gasteiger partial charge < -0.3 is 14.9 Å². The maximum Gasteiger partial charge on any atom is 0.153 e. The predicted molar refractivity (Wildman–Crippen MR) is 61.9 cm³/mol. The Morgan fingerprint density at radius 1 is 1.33 bits per heavy atom. The van der Waals surface area contributed by atoms with Gasteiger partial charge in [0, 0.05) is 7.11 Å². The molecule has 3 unspecified atom stereocenters. The first kappa shape index (κ1) is 14.9. The monoisotopic (exact) mass is 236 g/mol. The number of aliphatic hydroxyl groups excluding tert-OH is 2. The van der Waals surface area contributed by atoms with Crippen LogP contribution in [0, 0.1) is 0 Å². The Morgan fingerprint density at radius 2 is 1.87 bits per heavy atom. The number of unbranched alkanes of at least 4 members (excludes halogenated alkanes) is 1. The van der Waals surface area contributed by atoms with Crippen molar-refractivity contribution in [3.8, 4) is 0 Å². The van der Waals surface area contributed by atoms with E-state index in [1.54, 1.807) is 0 Å². The topological polar surface area (TPSA) is 49.7 Å². The first-order valence-electron chi connectivity index (χ1n) is 5.17. The van der Waals surface area contributed by atoms with Crippen LogP contribution in [0.3, 0.4) is 0 Å². The second-order valence-electron chi connectivity index (χ2n) is 3.79. The molecule has 0 aromatic heterocycles. The van der Waals surface area contributed by atoms with Gasteiger partial charge in [-0.25, -0.2) is 0 Å². The Labute approximate surface area is 96.7 Å². The van der Waals surface area contributed by atoms with Crippen LogP contribution in [0.25, 0.3) is 0 Å². The van der Waals surface area contributed by atoms with Gasteiger partial charge >= 0.3 is 0 Å². The summed E-state index contributed by atoms with van der Waals surface area (Å²) < 4.78 is 5.00. The number of hydrogen-bond donors (Lipinski definition) is 2. The van der Waals surface area contributed by atoms with Gasteiger partial charge in [0.25, 0.3) is 0 Å². The van der Waals surface area contributed by atoms with Crippen LogP contribution in [0.15, 0.2) is 12.2 Å². The molecule has 0 saturated heterocycles. The molecule has 0 rings (SSSR count). The summed E-state index contributed by atoms with van der Waals surface area (Å²) in [6, 6.07) is 0. The van der Waals surface area contributed by atoms with E-state index in [1.165, 1.54) is 7.11 Å². The van der Waals surface area contributed by atoms with Crippen LogP contribution in [0.1, 0.15) is 32.6 Å². The molecule has 0 aromatic carbocycles. The summed E-state index contributed by atoms with van der Waals surface area (Å²) >= 11 is 5.50. The standard InChI is InChI=1S/C11H21ClO3/c1-8(2)9(13)6-4-5-7-10(15-3)11(12)14/h9-11,13-14H,1,4-7H2,2-3H3. The molecule has 0 heterocycles. The third-order valence-corrected chi connectivity index (χ3v) is 2.68. The van der Waals surface area contributed by atoms with Gasteiger partial charge in [-0.3, -0.25) is 0 Å². The van der Waals surface area contributed by atoms with Gasteiger partial charge in [-0.15, -0.1) is 0 Å². The van der Waals surface area contributed by atoms with Crippen molar-refractivity contribution in [2.24, 2.45) is 0 Å². The zero-order chi connectivity index (χ0) is 11.8.